The molecule has 2 heterocycles. The van der Waals surface area contributed by atoms with Crippen molar-refractivity contribution < 1.29 is 0 Å². The third kappa shape index (κ3) is 1.14. The Balaban J connectivity index is 2.45. The second-order valence-electron chi connectivity index (χ2n) is 2.15. The summed E-state index contributed by atoms with van der Waals surface area (Å²) >= 11 is 1.57. The van der Waals surface area contributed by atoms with Gasteiger partial charge in [0.15, 0.2) is 0 Å². The molecule has 0 aliphatic carbocycles. The Hall–Kier alpha value is -1.23. The molecular formula is C6H6N4S. The van der Waals surface area contributed by atoms with Crippen molar-refractivity contribution in [3.63, 3.8) is 0 Å². The van der Waals surface area contributed by atoms with Crippen LogP contribution in [0.25, 0.3) is 10.7 Å². The molecule has 0 fully saturated rings. The second kappa shape index (κ2) is 2.43. The van der Waals surface area contributed by atoms with Crippen molar-refractivity contribution in [3.8, 4) is 10.7 Å². The summed E-state index contributed by atoms with van der Waals surface area (Å²) in [4.78, 5) is 4.25. The summed E-state index contributed by atoms with van der Waals surface area (Å²) in [6.07, 6.45) is 1.73. The second-order valence-corrected chi connectivity index (χ2v) is 3.01. The molecule has 0 aliphatic rings. The minimum absolute atomic E-state index is 0.808. The molecule has 0 radical (unpaired) electrons. The highest BCUT2D eigenvalue weighted by Crippen LogP contribution is 2.19. The molecule has 0 amide bonds. The van der Waals surface area contributed by atoms with Crippen molar-refractivity contribution in [2.45, 2.75) is 6.92 Å². The van der Waals surface area contributed by atoms with Gasteiger partial charge in [0, 0.05) is 11.1 Å². The standard InChI is InChI=1S/C6H6N4S/c1-4-3-11-6(8-4)5-2-7-10-9-5/h2-3H,1H3,(H,7,9,10). The van der Waals surface area contributed by atoms with E-state index in [9.17, 15) is 0 Å². The molecule has 0 saturated carbocycles. The van der Waals surface area contributed by atoms with Crippen molar-refractivity contribution in [2.24, 2.45) is 0 Å². The molecule has 2 aromatic rings. The molecule has 0 aromatic carbocycles. The van der Waals surface area contributed by atoms with E-state index in [-0.39, 0.29) is 0 Å². The quantitative estimate of drug-likeness (QED) is 0.693. The first-order chi connectivity index (χ1) is 5.36. The van der Waals surface area contributed by atoms with Crippen LogP contribution in [0.5, 0.6) is 0 Å². The maximum atomic E-state index is 4.25. The molecule has 0 bridgehead atoms. The Morgan fingerprint density at radius 3 is 3.00 bits per heavy atom. The van der Waals surface area contributed by atoms with Crippen molar-refractivity contribution >= 4 is 11.3 Å². The largest absolute Gasteiger partial charge is 0.265 e. The van der Waals surface area contributed by atoms with Gasteiger partial charge in [-0.3, -0.25) is 5.10 Å². The Morgan fingerprint density at radius 2 is 2.45 bits per heavy atom. The van der Waals surface area contributed by atoms with Crippen LogP contribution in [0.2, 0.25) is 0 Å². The molecule has 4 nitrogen and oxygen atoms in total. The number of hydrogen-bond donors (Lipinski definition) is 1. The number of nitrogens with one attached hydrogen (secondary N) is 1. The lowest BCUT2D eigenvalue weighted by Gasteiger charge is -1.81. The van der Waals surface area contributed by atoms with E-state index in [1.807, 2.05) is 12.3 Å². The van der Waals surface area contributed by atoms with Crippen LogP contribution in [0.3, 0.4) is 0 Å². The zero-order valence-electron chi connectivity index (χ0n) is 5.90. The lowest BCUT2D eigenvalue weighted by Crippen LogP contribution is -1.76. The lowest BCUT2D eigenvalue weighted by molar-refractivity contribution is 0.941. The number of hydrogen-bond acceptors (Lipinski definition) is 4. The van der Waals surface area contributed by atoms with Crippen LogP contribution in [0.1, 0.15) is 5.69 Å². The Kier molecular flexibility index (Phi) is 1.43. The van der Waals surface area contributed by atoms with Crippen LogP contribution >= 0.6 is 11.3 Å². The number of aromatic nitrogens is 4. The highest BCUT2D eigenvalue weighted by atomic mass is 32.1. The fraction of sp³-hybridized carbons (Fsp3) is 0.167. The zero-order valence-corrected chi connectivity index (χ0v) is 6.72. The number of nitrogens with zero attached hydrogens (tertiary/aromatic N) is 3. The van der Waals surface area contributed by atoms with Gasteiger partial charge in [0.1, 0.15) is 10.7 Å². The summed E-state index contributed by atoms with van der Waals surface area (Å²) in [6.45, 7) is 1.96. The van der Waals surface area contributed by atoms with E-state index < -0.39 is 0 Å². The highest BCUT2D eigenvalue weighted by Gasteiger charge is 2.03. The van der Waals surface area contributed by atoms with E-state index >= 15 is 0 Å². The van der Waals surface area contributed by atoms with Crippen LogP contribution in [0, 0.1) is 6.92 Å². The molecular weight excluding hydrogens is 160 g/mol. The Labute approximate surface area is 67.3 Å². The van der Waals surface area contributed by atoms with Gasteiger partial charge < -0.3 is 0 Å². The van der Waals surface area contributed by atoms with Crippen LogP contribution in [0.15, 0.2) is 11.6 Å². The van der Waals surface area contributed by atoms with E-state index in [0.29, 0.717) is 0 Å². The molecule has 11 heavy (non-hydrogen) atoms. The molecule has 56 valence electrons. The van der Waals surface area contributed by atoms with Crippen LogP contribution in [-0.2, 0) is 0 Å². The van der Waals surface area contributed by atoms with Crippen LogP contribution < -0.4 is 0 Å². The minimum Gasteiger partial charge on any atom is -0.265 e. The van der Waals surface area contributed by atoms with Crippen LogP contribution in [0.4, 0.5) is 0 Å². The predicted octanol–water partition coefficient (Wildman–Crippen LogP) is 1.24. The first-order valence-electron chi connectivity index (χ1n) is 3.15. The van der Waals surface area contributed by atoms with E-state index in [1.54, 1.807) is 17.5 Å². The van der Waals surface area contributed by atoms with Gasteiger partial charge in [-0.05, 0) is 6.92 Å². The molecule has 2 aromatic heterocycles. The summed E-state index contributed by atoms with van der Waals surface area (Å²) in [5, 5.41) is 13.0. The number of H-pyrrole nitrogens is 1. The maximum Gasteiger partial charge on any atom is 0.145 e. The molecule has 0 aliphatic heterocycles. The van der Waals surface area contributed by atoms with Crippen molar-refractivity contribution in [1.29, 1.82) is 0 Å². The number of rotatable bonds is 1. The van der Waals surface area contributed by atoms with Crippen molar-refractivity contribution in [2.75, 3.05) is 0 Å². The molecule has 0 unspecified atom stereocenters. The molecule has 5 heteroatoms. The van der Waals surface area contributed by atoms with Crippen molar-refractivity contribution in [3.05, 3.63) is 17.3 Å². The highest BCUT2D eigenvalue weighted by molar-refractivity contribution is 7.13. The fourth-order valence-corrected chi connectivity index (χ4v) is 1.53. The van der Waals surface area contributed by atoms with E-state index in [2.05, 4.69) is 20.4 Å². The monoisotopic (exact) mass is 166 g/mol. The Bertz CT molecular complexity index is 337. The van der Waals surface area contributed by atoms with E-state index in [4.69, 9.17) is 0 Å². The topological polar surface area (TPSA) is 54.5 Å². The normalized spacial score (nSPS) is 10.3. The maximum absolute atomic E-state index is 4.25. The molecule has 2 rings (SSSR count). The fourth-order valence-electron chi connectivity index (χ4n) is 0.778. The lowest BCUT2D eigenvalue weighted by atomic mass is 10.5. The Morgan fingerprint density at radius 1 is 1.55 bits per heavy atom. The zero-order chi connectivity index (χ0) is 7.68. The van der Waals surface area contributed by atoms with Gasteiger partial charge in [-0.2, -0.15) is 0 Å². The average Bonchev–Trinajstić information content (AvgIpc) is 2.55. The van der Waals surface area contributed by atoms with Gasteiger partial charge in [0.05, 0.1) is 6.20 Å². The summed E-state index contributed by atoms with van der Waals surface area (Å²) < 4.78 is 0. The predicted molar refractivity (Wildman–Crippen MR) is 42.2 cm³/mol. The number of aromatic amines is 1. The third-order valence-electron chi connectivity index (χ3n) is 1.25. The third-order valence-corrected chi connectivity index (χ3v) is 2.24. The van der Waals surface area contributed by atoms with E-state index in [0.717, 1.165) is 16.4 Å². The smallest absolute Gasteiger partial charge is 0.145 e. The molecule has 0 atom stereocenters. The van der Waals surface area contributed by atoms with Gasteiger partial charge in [-0.25, -0.2) is 4.98 Å². The average molecular weight is 166 g/mol. The van der Waals surface area contributed by atoms with E-state index in [1.165, 1.54) is 0 Å². The molecule has 0 saturated heterocycles. The van der Waals surface area contributed by atoms with Gasteiger partial charge >= 0.3 is 0 Å². The summed E-state index contributed by atoms with van der Waals surface area (Å²) in [5.41, 5.74) is 1.83. The number of thiazole rings is 1. The molecule has 0 spiro atoms. The van der Waals surface area contributed by atoms with Gasteiger partial charge in [-0.15, -0.1) is 16.4 Å². The summed E-state index contributed by atoms with van der Waals surface area (Å²) in [7, 11) is 0. The van der Waals surface area contributed by atoms with Crippen molar-refractivity contribution in [1.82, 2.24) is 20.4 Å². The summed E-state index contributed by atoms with van der Waals surface area (Å²) in [5.74, 6) is 0. The summed E-state index contributed by atoms with van der Waals surface area (Å²) in [6, 6.07) is 0. The van der Waals surface area contributed by atoms with Gasteiger partial charge in [0.25, 0.3) is 0 Å². The number of aryl methyl sites for hydroxylation is 1. The first-order valence-corrected chi connectivity index (χ1v) is 4.03. The molecule has 1 N–H and O–H groups in total. The first kappa shape index (κ1) is 6.48. The van der Waals surface area contributed by atoms with Gasteiger partial charge in [-0.1, -0.05) is 5.21 Å². The van der Waals surface area contributed by atoms with Crippen LogP contribution in [-0.4, -0.2) is 20.4 Å². The SMILES string of the molecule is Cc1csc(-c2c[nH]nn2)n1. The minimum atomic E-state index is 0.808. The van der Waals surface area contributed by atoms with Gasteiger partial charge in [0.2, 0.25) is 0 Å².